The van der Waals surface area contributed by atoms with E-state index in [0.717, 1.165) is 43.5 Å². The molecule has 0 aromatic heterocycles. The lowest BCUT2D eigenvalue weighted by Gasteiger charge is -2.37. The molecule has 1 heterocycles. The highest BCUT2D eigenvalue weighted by atomic mass is 16.5. The number of benzene rings is 2. The van der Waals surface area contributed by atoms with Gasteiger partial charge in [0.05, 0.1) is 13.0 Å². The van der Waals surface area contributed by atoms with Crippen molar-refractivity contribution in [3.8, 4) is 0 Å². The number of ether oxygens (including phenoxy) is 1. The van der Waals surface area contributed by atoms with E-state index in [1.807, 2.05) is 0 Å². The molecule has 1 atom stereocenters. The zero-order valence-corrected chi connectivity index (χ0v) is 21.3. The Morgan fingerprint density at radius 3 is 1.73 bits per heavy atom. The Bertz CT molecular complexity index is 837. The minimum absolute atomic E-state index is 0.105. The van der Waals surface area contributed by atoms with Crippen LogP contribution in [0.15, 0.2) is 48.5 Å². The van der Waals surface area contributed by atoms with Crippen LogP contribution in [0, 0.1) is 0 Å². The standard InChI is InChI=1S/C28H41N3O2/c1-29(2)24-9-7-8-20-33-27(32)21-28(19-18-24,22-10-14-25(15-11-22)30(3)4)23-12-16-26(17-13-23)31(5)6/h10-17,24H,7-9,18-21H2,1-6H3. The molecule has 1 aliphatic rings. The van der Waals surface area contributed by atoms with Crippen molar-refractivity contribution in [3.63, 3.8) is 0 Å². The van der Waals surface area contributed by atoms with Gasteiger partial charge in [0.1, 0.15) is 0 Å². The SMILES string of the molecule is CN(C)c1ccc(C2(c3ccc(N(C)C)cc3)CCC(N(C)C)CCCCOC(=O)C2)cc1. The lowest BCUT2D eigenvalue weighted by Crippen LogP contribution is -2.35. The van der Waals surface area contributed by atoms with Crippen LogP contribution in [-0.4, -0.2) is 65.8 Å². The number of hydrogen-bond donors (Lipinski definition) is 0. The van der Waals surface area contributed by atoms with E-state index in [1.165, 1.54) is 11.1 Å². The third-order valence-corrected chi connectivity index (χ3v) is 7.15. The lowest BCUT2D eigenvalue weighted by atomic mass is 9.68. The van der Waals surface area contributed by atoms with Crippen molar-refractivity contribution in [2.45, 2.75) is 50.0 Å². The Labute approximate surface area is 200 Å². The van der Waals surface area contributed by atoms with E-state index in [2.05, 4.69) is 106 Å². The second-order valence-electron chi connectivity index (χ2n) is 10.0. The van der Waals surface area contributed by atoms with Crippen LogP contribution in [0.4, 0.5) is 11.4 Å². The quantitative estimate of drug-likeness (QED) is 0.602. The van der Waals surface area contributed by atoms with Crippen LogP contribution in [0.5, 0.6) is 0 Å². The van der Waals surface area contributed by atoms with Crippen molar-refractivity contribution in [1.29, 1.82) is 0 Å². The molecule has 0 aliphatic carbocycles. The largest absolute Gasteiger partial charge is 0.466 e. The summed E-state index contributed by atoms with van der Waals surface area (Å²) in [5, 5.41) is 0. The first-order valence-electron chi connectivity index (χ1n) is 12.1. The van der Waals surface area contributed by atoms with Crippen molar-refractivity contribution in [3.05, 3.63) is 59.7 Å². The van der Waals surface area contributed by atoms with Crippen LogP contribution >= 0.6 is 0 Å². The van der Waals surface area contributed by atoms with Gasteiger partial charge in [0, 0.05) is 51.0 Å². The molecular formula is C28H41N3O2. The van der Waals surface area contributed by atoms with Crippen molar-refractivity contribution < 1.29 is 9.53 Å². The Morgan fingerprint density at radius 2 is 1.27 bits per heavy atom. The number of rotatable bonds is 5. The molecular weight excluding hydrogens is 410 g/mol. The first-order valence-corrected chi connectivity index (χ1v) is 12.1. The number of nitrogens with zero attached hydrogens (tertiary/aromatic N) is 3. The summed E-state index contributed by atoms with van der Waals surface area (Å²) in [5.74, 6) is -0.105. The summed E-state index contributed by atoms with van der Waals surface area (Å²) >= 11 is 0. The van der Waals surface area contributed by atoms with E-state index in [0.29, 0.717) is 19.1 Å². The van der Waals surface area contributed by atoms with Crippen molar-refractivity contribution >= 4 is 17.3 Å². The molecule has 1 aliphatic heterocycles. The van der Waals surface area contributed by atoms with Gasteiger partial charge in [-0.15, -0.1) is 0 Å². The van der Waals surface area contributed by atoms with Crippen LogP contribution in [0.1, 0.15) is 49.7 Å². The van der Waals surface area contributed by atoms with Crippen molar-refractivity contribution in [2.24, 2.45) is 0 Å². The Kier molecular flexibility index (Phi) is 8.41. The highest BCUT2D eigenvalue weighted by molar-refractivity contribution is 5.73. The van der Waals surface area contributed by atoms with Gasteiger partial charge in [0.25, 0.3) is 0 Å². The number of esters is 1. The van der Waals surface area contributed by atoms with Crippen LogP contribution in [-0.2, 0) is 14.9 Å². The molecule has 0 radical (unpaired) electrons. The lowest BCUT2D eigenvalue weighted by molar-refractivity contribution is -0.145. The summed E-state index contributed by atoms with van der Waals surface area (Å²) in [4.78, 5) is 19.6. The van der Waals surface area contributed by atoms with E-state index in [9.17, 15) is 4.79 Å². The van der Waals surface area contributed by atoms with Gasteiger partial charge in [-0.25, -0.2) is 0 Å². The number of anilines is 2. The molecule has 1 unspecified atom stereocenters. The van der Waals surface area contributed by atoms with Crippen LogP contribution in [0.3, 0.4) is 0 Å². The predicted octanol–water partition coefficient (Wildman–Crippen LogP) is 4.93. The average molecular weight is 452 g/mol. The first-order chi connectivity index (χ1) is 15.7. The second kappa shape index (κ2) is 11.1. The number of cyclic esters (lactones) is 1. The molecule has 0 amide bonds. The molecule has 2 aromatic rings. The molecule has 2 aromatic carbocycles. The number of hydrogen-bond acceptors (Lipinski definition) is 5. The van der Waals surface area contributed by atoms with Crippen LogP contribution < -0.4 is 9.80 Å². The Hall–Kier alpha value is -2.53. The summed E-state index contributed by atoms with van der Waals surface area (Å²) in [7, 11) is 12.6. The fourth-order valence-corrected chi connectivity index (χ4v) is 4.94. The van der Waals surface area contributed by atoms with Gasteiger partial charge in [0.15, 0.2) is 0 Å². The zero-order chi connectivity index (χ0) is 24.0. The van der Waals surface area contributed by atoms with Gasteiger partial charge < -0.3 is 19.4 Å². The fraction of sp³-hybridized carbons (Fsp3) is 0.536. The Balaban J connectivity index is 2.12. The maximum absolute atomic E-state index is 13.1. The molecule has 3 rings (SSSR count). The van der Waals surface area contributed by atoms with Gasteiger partial charge in [-0.3, -0.25) is 4.79 Å². The van der Waals surface area contributed by atoms with Crippen molar-refractivity contribution in [2.75, 3.05) is 58.7 Å². The van der Waals surface area contributed by atoms with Gasteiger partial charge in [-0.1, -0.05) is 24.3 Å². The van der Waals surface area contributed by atoms with E-state index < -0.39 is 5.41 Å². The summed E-state index contributed by atoms with van der Waals surface area (Å²) in [6, 6.07) is 17.9. The van der Waals surface area contributed by atoms with Crippen LogP contribution in [0.25, 0.3) is 0 Å². The summed E-state index contributed by atoms with van der Waals surface area (Å²) in [6.07, 6.45) is 5.42. The third kappa shape index (κ3) is 6.08. The van der Waals surface area contributed by atoms with E-state index in [-0.39, 0.29) is 5.97 Å². The highest BCUT2D eigenvalue weighted by Gasteiger charge is 2.38. The minimum Gasteiger partial charge on any atom is -0.466 e. The molecule has 5 heteroatoms. The third-order valence-electron chi connectivity index (χ3n) is 7.15. The molecule has 33 heavy (non-hydrogen) atoms. The predicted molar refractivity (Wildman–Crippen MR) is 138 cm³/mol. The van der Waals surface area contributed by atoms with E-state index in [4.69, 9.17) is 4.74 Å². The summed E-state index contributed by atoms with van der Waals surface area (Å²) < 4.78 is 5.72. The molecule has 5 nitrogen and oxygen atoms in total. The van der Waals surface area contributed by atoms with Gasteiger partial charge >= 0.3 is 5.97 Å². The molecule has 0 N–H and O–H groups in total. The topological polar surface area (TPSA) is 36.0 Å². The molecule has 0 spiro atoms. The number of carbonyl (C=O) groups excluding carboxylic acids is 1. The smallest absolute Gasteiger partial charge is 0.307 e. The molecule has 1 fully saturated rings. The van der Waals surface area contributed by atoms with Gasteiger partial charge in [0.2, 0.25) is 0 Å². The first kappa shape index (κ1) is 25.1. The second-order valence-corrected chi connectivity index (χ2v) is 10.0. The minimum atomic E-state index is -0.425. The highest BCUT2D eigenvalue weighted by Crippen LogP contribution is 2.42. The monoisotopic (exact) mass is 451 g/mol. The maximum Gasteiger partial charge on any atom is 0.307 e. The van der Waals surface area contributed by atoms with Gasteiger partial charge in [-0.2, -0.15) is 0 Å². The van der Waals surface area contributed by atoms with Crippen LogP contribution in [0.2, 0.25) is 0 Å². The maximum atomic E-state index is 13.1. The molecule has 1 saturated heterocycles. The zero-order valence-electron chi connectivity index (χ0n) is 21.3. The van der Waals surface area contributed by atoms with Gasteiger partial charge in [-0.05, 0) is 81.6 Å². The van der Waals surface area contributed by atoms with Crippen molar-refractivity contribution in [1.82, 2.24) is 4.90 Å². The normalized spacial score (nSPS) is 19.5. The molecule has 0 saturated carbocycles. The number of carbonyl (C=O) groups is 1. The molecule has 0 bridgehead atoms. The molecule has 180 valence electrons. The Morgan fingerprint density at radius 1 is 0.758 bits per heavy atom. The average Bonchev–Trinajstić information content (AvgIpc) is 2.83. The fourth-order valence-electron chi connectivity index (χ4n) is 4.94. The van der Waals surface area contributed by atoms with E-state index in [1.54, 1.807) is 0 Å². The summed E-state index contributed by atoms with van der Waals surface area (Å²) in [6.45, 7) is 0.508. The van der Waals surface area contributed by atoms with E-state index >= 15 is 0 Å². The summed E-state index contributed by atoms with van der Waals surface area (Å²) in [5.41, 5.74) is 4.24.